The van der Waals surface area contributed by atoms with E-state index in [9.17, 15) is 5.21 Å². The highest BCUT2D eigenvalue weighted by Gasteiger charge is 2.06. The van der Waals surface area contributed by atoms with Gasteiger partial charge in [0.25, 0.3) is 0 Å². The van der Waals surface area contributed by atoms with Crippen LogP contribution in [0.2, 0.25) is 10.0 Å². The predicted octanol–water partition coefficient (Wildman–Crippen LogP) is 2.39. The SMILES string of the molecule is [O-][n+]1cc(Cl)c(Cl)c(Br)c1. The molecule has 0 atom stereocenters. The van der Waals surface area contributed by atoms with E-state index in [1.807, 2.05) is 0 Å². The maximum Gasteiger partial charge on any atom is 0.200 e. The number of pyridine rings is 1. The first-order chi connectivity index (χ1) is 4.61. The average Bonchev–Trinajstić information content (AvgIpc) is 1.82. The Bertz CT molecular complexity index is 243. The second kappa shape index (κ2) is 2.95. The van der Waals surface area contributed by atoms with E-state index in [0.29, 0.717) is 14.2 Å². The minimum Gasteiger partial charge on any atom is -0.619 e. The van der Waals surface area contributed by atoms with Crippen LogP contribution in [0.1, 0.15) is 0 Å². The molecule has 1 aromatic rings. The lowest BCUT2D eigenvalue weighted by atomic mass is 10.5. The van der Waals surface area contributed by atoms with Gasteiger partial charge in [0.05, 0.1) is 5.02 Å². The Kier molecular flexibility index (Phi) is 2.39. The maximum absolute atomic E-state index is 10.6. The Hall–Kier alpha value is 0.01000. The van der Waals surface area contributed by atoms with Crippen molar-refractivity contribution in [2.75, 3.05) is 0 Å². The molecule has 0 aliphatic rings. The molecule has 0 saturated carbocycles. The third-order valence-electron chi connectivity index (χ3n) is 0.901. The van der Waals surface area contributed by atoms with Crippen LogP contribution in [0.4, 0.5) is 0 Å². The van der Waals surface area contributed by atoms with Crippen LogP contribution in [0.25, 0.3) is 0 Å². The van der Waals surface area contributed by atoms with Gasteiger partial charge in [-0.1, -0.05) is 23.2 Å². The fourth-order valence-corrected chi connectivity index (χ4v) is 1.31. The van der Waals surface area contributed by atoms with E-state index in [1.54, 1.807) is 0 Å². The zero-order valence-electron chi connectivity index (χ0n) is 4.64. The summed E-state index contributed by atoms with van der Waals surface area (Å²) in [6.45, 7) is 0. The Morgan fingerprint density at radius 3 is 2.50 bits per heavy atom. The summed E-state index contributed by atoms with van der Waals surface area (Å²) in [5, 5.41) is 11.2. The summed E-state index contributed by atoms with van der Waals surface area (Å²) in [6.07, 6.45) is 2.48. The van der Waals surface area contributed by atoms with Crippen LogP contribution in [-0.4, -0.2) is 0 Å². The summed E-state index contributed by atoms with van der Waals surface area (Å²) in [4.78, 5) is 0. The van der Waals surface area contributed by atoms with Crippen molar-refractivity contribution in [3.05, 3.63) is 32.1 Å². The number of hydrogen-bond acceptors (Lipinski definition) is 1. The smallest absolute Gasteiger partial charge is 0.200 e. The standard InChI is InChI=1S/C5H2BrCl2NO/c6-3-1-9(10)2-4(7)5(3)8/h1-2H. The molecule has 54 valence electrons. The second-order valence-corrected chi connectivity index (χ2v) is 3.27. The van der Waals surface area contributed by atoms with Gasteiger partial charge in [0.1, 0.15) is 9.50 Å². The van der Waals surface area contributed by atoms with Gasteiger partial charge >= 0.3 is 0 Å². The van der Waals surface area contributed by atoms with E-state index >= 15 is 0 Å². The van der Waals surface area contributed by atoms with Crippen LogP contribution < -0.4 is 4.73 Å². The molecule has 10 heavy (non-hydrogen) atoms. The summed E-state index contributed by atoms with van der Waals surface area (Å²) in [6, 6.07) is 0. The third-order valence-corrected chi connectivity index (χ3v) is 2.52. The van der Waals surface area contributed by atoms with Crippen molar-refractivity contribution in [1.82, 2.24) is 0 Å². The summed E-state index contributed by atoms with van der Waals surface area (Å²) < 4.78 is 1.08. The number of aromatic nitrogens is 1. The van der Waals surface area contributed by atoms with Crippen LogP contribution >= 0.6 is 39.1 Å². The van der Waals surface area contributed by atoms with Crippen molar-refractivity contribution in [3.8, 4) is 0 Å². The molecule has 0 unspecified atom stereocenters. The molecule has 0 N–H and O–H groups in total. The highest BCUT2D eigenvalue weighted by molar-refractivity contribution is 9.10. The van der Waals surface area contributed by atoms with Gasteiger partial charge in [0, 0.05) is 0 Å². The monoisotopic (exact) mass is 241 g/mol. The van der Waals surface area contributed by atoms with Gasteiger partial charge < -0.3 is 5.21 Å². The van der Waals surface area contributed by atoms with Crippen LogP contribution in [0.5, 0.6) is 0 Å². The van der Waals surface area contributed by atoms with E-state index in [0.717, 1.165) is 0 Å². The first-order valence-electron chi connectivity index (χ1n) is 2.34. The fourth-order valence-electron chi connectivity index (χ4n) is 0.488. The van der Waals surface area contributed by atoms with Gasteiger partial charge in [-0.05, 0) is 15.9 Å². The number of halogens is 3. The first kappa shape index (κ1) is 8.11. The van der Waals surface area contributed by atoms with Crippen LogP contribution in [0, 0.1) is 5.21 Å². The van der Waals surface area contributed by atoms with E-state index < -0.39 is 0 Å². The molecule has 0 amide bonds. The normalized spacial score (nSPS) is 9.90. The molecule has 1 heterocycles. The van der Waals surface area contributed by atoms with Gasteiger partial charge in [-0.25, -0.2) is 0 Å². The van der Waals surface area contributed by atoms with Crippen LogP contribution in [-0.2, 0) is 0 Å². The van der Waals surface area contributed by atoms with Crippen LogP contribution in [0.15, 0.2) is 16.9 Å². The predicted molar refractivity (Wildman–Crippen MR) is 43.1 cm³/mol. The van der Waals surface area contributed by atoms with Gasteiger partial charge in [-0.3, -0.25) is 0 Å². The summed E-state index contributed by atoms with van der Waals surface area (Å²) in [7, 11) is 0. The van der Waals surface area contributed by atoms with Crippen LogP contribution in [0.3, 0.4) is 0 Å². The average molecular weight is 243 g/mol. The zero-order chi connectivity index (χ0) is 7.72. The topological polar surface area (TPSA) is 26.9 Å². The second-order valence-electron chi connectivity index (χ2n) is 1.63. The number of nitrogens with zero attached hydrogens (tertiary/aromatic N) is 1. The quantitative estimate of drug-likeness (QED) is 0.507. The maximum atomic E-state index is 10.6. The largest absolute Gasteiger partial charge is 0.619 e. The van der Waals surface area contributed by atoms with Gasteiger partial charge in [0.15, 0.2) is 6.20 Å². The number of rotatable bonds is 0. The molecule has 0 radical (unpaired) electrons. The lowest BCUT2D eigenvalue weighted by Crippen LogP contribution is -2.24. The molecule has 0 saturated heterocycles. The fraction of sp³-hybridized carbons (Fsp3) is 0. The molecule has 0 fully saturated rings. The zero-order valence-corrected chi connectivity index (χ0v) is 7.74. The molecule has 0 aliphatic heterocycles. The highest BCUT2D eigenvalue weighted by Crippen LogP contribution is 2.27. The molecule has 0 aromatic carbocycles. The minimum atomic E-state index is 0.242. The Balaban J connectivity index is 3.31. The van der Waals surface area contributed by atoms with Crippen molar-refractivity contribution in [2.45, 2.75) is 0 Å². The number of hydrogen-bond donors (Lipinski definition) is 0. The molecule has 1 rings (SSSR count). The Morgan fingerprint density at radius 1 is 1.40 bits per heavy atom. The molecular weight excluding hydrogens is 241 g/mol. The summed E-state index contributed by atoms with van der Waals surface area (Å²) in [5.74, 6) is 0. The molecular formula is C5H2BrCl2NO. The molecule has 0 bridgehead atoms. The van der Waals surface area contributed by atoms with E-state index in [1.165, 1.54) is 12.4 Å². The third kappa shape index (κ3) is 1.54. The minimum absolute atomic E-state index is 0.242. The van der Waals surface area contributed by atoms with E-state index in [-0.39, 0.29) is 5.02 Å². The molecule has 2 nitrogen and oxygen atoms in total. The lowest BCUT2D eigenvalue weighted by Gasteiger charge is -1.98. The van der Waals surface area contributed by atoms with Crippen molar-refractivity contribution >= 4 is 39.1 Å². The van der Waals surface area contributed by atoms with E-state index in [2.05, 4.69) is 15.9 Å². The first-order valence-corrected chi connectivity index (χ1v) is 3.89. The summed E-state index contributed by atoms with van der Waals surface area (Å²) in [5.41, 5.74) is 0. The Labute approximate surface area is 76.1 Å². The molecule has 5 heteroatoms. The Morgan fingerprint density at radius 2 is 2.00 bits per heavy atom. The highest BCUT2D eigenvalue weighted by atomic mass is 79.9. The van der Waals surface area contributed by atoms with Crippen molar-refractivity contribution in [1.29, 1.82) is 0 Å². The molecule has 1 aromatic heterocycles. The summed E-state index contributed by atoms with van der Waals surface area (Å²) >= 11 is 14.2. The van der Waals surface area contributed by atoms with Gasteiger partial charge in [-0.15, -0.1) is 0 Å². The lowest BCUT2D eigenvalue weighted by molar-refractivity contribution is -0.605. The van der Waals surface area contributed by atoms with Gasteiger partial charge in [-0.2, -0.15) is 4.73 Å². The van der Waals surface area contributed by atoms with E-state index in [4.69, 9.17) is 23.2 Å². The molecule has 0 spiro atoms. The van der Waals surface area contributed by atoms with Gasteiger partial charge in [0.2, 0.25) is 6.20 Å². The molecule has 0 aliphatic carbocycles. The van der Waals surface area contributed by atoms with Crippen molar-refractivity contribution < 1.29 is 4.73 Å². The van der Waals surface area contributed by atoms with Crippen molar-refractivity contribution in [2.24, 2.45) is 0 Å². The van der Waals surface area contributed by atoms with Crippen molar-refractivity contribution in [3.63, 3.8) is 0 Å².